The van der Waals surface area contributed by atoms with E-state index in [9.17, 15) is 9.59 Å². The van der Waals surface area contributed by atoms with Gasteiger partial charge in [-0.05, 0) is 43.6 Å². The fourth-order valence-corrected chi connectivity index (χ4v) is 4.95. The Bertz CT molecular complexity index is 608. The molecule has 0 aromatic carbocycles. The summed E-state index contributed by atoms with van der Waals surface area (Å²) in [5.74, 6) is 0.386. The number of nitrogens with one attached hydrogen (secondary N) is 1. The summed E-state index contributed by atoms with van der Waals surface area (Å²) in [4.78, 5) is 26.3. The van der Waals surface area contributed by atoms with Crippen molar-refractivity contribution in [3.05, 3.63) is 16.0 Å². The third kappa shape index (κ3) is 4.63. The minimum absolute atomic E-state index is 0.00738. The molecule has 1 heterocycles. The molecule has 2 rings (SSSR count). The first kappa shape index (κ1) is 20.0. The van der Waals surface area contributed by atoms with E-state index in [2.05, 4.69) is 19.2 Å². The van der Waals surface area contributed by atoms with Crippen LogP contribution in [0.1, 0.15) is 80.1 Å². The molecule has 0 fully saturated rings. The van der Waals surface area contributed by atoms with E-state index in [4.69, 9.17) is 4.74 Å². The number of carbonyl (C=O) groups excluding carboxylic acids is 2. The molecule has 2 atom stereocenters. The number of ether oxygens (including phenoxy) is 1. The normalized spacial score (nSPS) is 17.7. The number of hydrogen-bond acceptors (Lipinski definition) is 4. The van der Waals surface area contributed by atoms with Crippen molar-refractivity contribution in [3.63, 3.8) is 0 Å². The third-order valence-corrected chi connectivity index (χ3v) is 6.51. The number of unbranched alkanes of at least 4 members (excludes halogenated alkanes) is 1. The number of hydrogen-bond donors (Lipinski definition) is 1. The van der Waals surface area contributed by atoms with Crippen LogP contribution in [0.5, 0.6) is 0 Å². The van der Waals surface area contributed by atoms with Gasteiger partial charge in [0.05, 0.1) is 12.7 Å². The van der Waals surface area contributed by atoms with E-state index in [1.807, 2.05) is 6.92 Å². The molecule has 2 unspecified atom stereocenters. The van der Waals surface area contributed by atoms with Gasteiger partial charge in [-0.2, -0.15) is 0 Å². The summed E-state index contributed by atoms with van der Waals surface area (Å²) < 4.78 is 5.00. The number of amides is 1. The van der Waals surface area contributed by atoms with Gasteiger partial charge in [0.15, 0.2) is 0 Å². The van der Waals surface area contributed by atoms with Crippen molar-refractivity contribution in [2.45, 2.75) is 72.1 Å². The molecule has 0 bridgehead atoms. The molecule has 0 spiro atoms. The van der Waals surface area contributed by atoms with Gasteiger partial charge < -0.3 is 10.1 Å². The second kappa shape index (κ2) is 9.37. The molecular formula is C20H31NO3S. The lowest BCUT2D eigenvalue weighted by molar-refractivity contribution is -0.120. The smallest absolute Gasteiger partial charge is 0.341 e. The van der Waals surface area contributed by atoms with Crippen molar-refractivity contribution >= 4 is 28.2 Å². The largest absolute Gasteiger partial charge is 0.465 e. The number of fused-ring (bicyclic) bond motifs is 1. The van der Waals surface area contributed by atoms with Crippen LogP contribution in [-0.4, -0.2) is 19.0 Å². The molecule has 1 aromatic heterocycles. The third-order valence-electron chi connectivity index (χ3n) is 5.34. The fourth-order valence-electron chi connectivity index (χ4n) is 3.59. The van der Waals surface area contributed by atoms with Crippen LogP contribution >= 0.6 is 11.3 Å². The van der Waals surface area contributed by atoms with Gasteiger partial charge in [-0.1, -0.05) is 40.0 Å². The summed E-state index contributed by atoms with van der Waals surface area (Å²) in [6.45, 7) is 6.40. The Kier molecular flexibility index (Phi) is 7.48. The number of anilines is 1. The molecule has 0 saturated carbocycles. The molecule has 0 aliphatic heterocycles. The Hall–Kier alpha value is -1.36. The monoisotopic (exact) mass is 365 g/mol. The summed E-state index contributed by atoms with van der Waals surface area (Å²) in [5.41, 5.74) is 1.69. The molecule has 1 amide bonds. The van der Waals surface area contributed by atoms with Gasteiger partial charge in [0.1, 0.15) is 5.00 Å². The Balaban J connectivity index is 2.26. The minimum atomic E-state index is -0.329. The highest BCUT2D eigenvalue weighted by molar-refractivity contribution is 7.17. The number of carbonyl (C=O) groups is 2. The van der Waals surface area contributed by atoms with Crippen molar-refractivity contribution in [2.24, 2.45) is 11.8 Å². The van der Waals surface area contributed by atoms with Crippen molar-refractivity contribution < 1.29 is 14.3 Å². The first-order valence-electron chi connectivity index (χ1n) is 9.59. The lowest BCUT2D eigenvalue weighted by atomic mass is 9.85. The summed E-state index contributed by atoms with van der Waals surface area (Å²) in [6.07, 6.45) is 8.02. The van der Waals surface area contributed by atoms with Crippen LogP contribution in [0, 0.1) is 11.8 Å². The minimum Gasteiger partial charge on any atom is -0.465 e. The Morgan fingerprint density at radius 2 is 2.08 bits per heavy atom. The summed E-state index contributed by atoms with van der Waals surface area (Å²) in [6, 6.07) is 0. The van der Waals surface area contributed by atoms with Crippen LogP contribution in [0.15, 0.2) is 0 Å². The number of rotatable bonds is 8. The van der Waals surface area contributed by atoms with E-state index in [1.165, 1.54) is 12.0 Å². The summed E-state index contributed by atoms with van der Waals surface area (Å²) in [7, 11) is 1.41. The number of thiophene rings is 1. The standard InChI is InChI=1S/C20H31NO3S/c1-5-8-9-14(7-3)18(22)21-19-17(20(23)24-4)15-11-10-13(6-2)12-16(15)25-19/h13-14H,5-12H2,1-4H3,(H,21,22). The summed E-state index contributed by atoms with van der Waals surface area (Å²) in [5, 5.41) is 3.74. The maximum atomic E-state index is 12.7. The quantitative estimate of drug-likeness (QED) is 0.644. The second-order valence-corrected chi connectivity index (χ2v) is 8.06. The lowest BCUT2D eigenvalue weighted by Gasteiger charge is -2.20. The van der Waals surface area contributed by atoms with Gasteiger partial charge in [-0.25, -0.2) is 4.79 Å². The Labute approximate surface area is 155 Å². The molecule has 1 N–H and O–H groups in total. The molecule has 5 heteroatoms. The van der Waals surface area contributed by atoms with Crippen LogP contribution in [0.4, 0.5) is 5.00 Å². The highest BCUT2D eigenvalue weighted by atomic mass is 32.1. The van der Waals surface area contributed by atoms with Crippen molar-refractivity contribution in [1.29, 1.82) is 0 Å². The highest BCUT2D eigenvalue weighted by Gasteiger charge is 2.30. The molecule has 0 radical (unpaired) electrons. The molecule has 1 aliphatic carbocycles. The molecule has 4 nitrogen and oxygen atoms in total. The van der Waals surface area contributed by atoms with E-state index >= 15 is 0 Å². The first-order chi connectivity index (χ1) is 12.0. The van der Waals surface area contributed by atoms with Crippen LogP contribution in [0.2, 0.25) is 0 Å². The predicted molar refractivity (Wildman–Crippen MR) is 103 cm³/mol. The van der Waals surface area contributed by atoms with Gasteiger partial charge in [-0.15, -0.1) is 11.3 Å². The van der Waals surface area contributed by atoms with E-state index in [1.54, 1.807) is 11.3 Å². The van der Waals surface area contributed by atoms with Crippen LogP contribution < -0.4 is 5.32 Å². The predicted octanol–water partition coefficient (Wildman–Crippen LogP) is 5.20. The van der Waals surface area contributed by atoms with Crippen molar-refractivity contribution in [1.82, 2.24) is 0 Å². The molecular weight excluding hydrogens is 334 g/mol. The lowest BCUT2D eigenvalue weighted by Crippen LogP contribution is -2.23. The topological polar surface area (TPSA) is 55.4 Å². The van der Waals surface area contributed by atoms with Crippen LogP contribution in [-0.2, 0) is 22.4 Å². The van der Waals surface area contributed by atoms with Gasteiger partial charge in [0.2, 0.25) is 5.91 Å². The molecule has 1 aliphatic rings. The zero-order chi connectivity index (χ0) is 18.4. The number of esters is 1. The van der Waals surface area contributed by atoms with Gasteiger partial charge in [0.25, 0.3) is 0 Å². The first-order valence-corrected chi connectivity index (χ1v) is 10.4. The average Bonchev–Trinajstić information content (AvgIpc) is 2.98. The Morgan fingerprint density at radius 3 is 2.68 bits per heavy atom. The Morgan fingerprint density at radius 1 is 1.32 bits per heavy atom. The fraction of sp³-hybridized carbons (Fsp3) is 0.700. The average molecular weight is 366 g/mol. The molecule has 140 valence electrons. The molecule has 0 saturated heterocycles. The van der Waals surface area contributed by atoms with Crippen LogP contribution in [0.25, 0.3) is 0 Å². The molecule has 25 heavy (non-hydrogen) atoms. The van der Waals surface area contributed by atoms with E-state index < -0.39 is 0 Å². The molecule has 1 aromatic rings. The van der Waals surface area contributed by atoms with Gasteiger partial charge in [0, 0.05) is 10.8 Å². The summed E-state index contributed by atoms with van der Waals surface area (Å²) >= 11 is 1.57. The maximum Gasteiger partial charge on any atom is 0.341 e. The maximum absolute atomic E-state index is 12.7. The van der Waals surface area contributed by atoms with Crippen LogP contribution in [0.3, 0.4) is 0 Å². The zero-order valence-corrected chi connectivity index (χ0v) is 16.8. The SMILES string of the molecule is CCCCC(CC)C(=O)Nc1sc2c(c1C(=O)OC)CCC(CC)C2. The van der Waals surface area contributed by atoms with E-state index in [0.29, 0.717) is 16.5 Å². The number of methoxy groups -OCH3 is 1. The highest BCUT2D eigenvalue weighted by Crippen LogP contribution is 2.41. The van der Waals surface area contributed by atoms with E-state index in [-0.39, 0.29) is 17.8 Å². The van der Waals surface area contributed by atoms with Gasteiger partial charge >= 0.3 is 5.97 Å². The van der Waals surface area contributed by atoms with Gasteiger partial charge in [-0.3, -0.25) is 4.79 Å². The van der Waals surface area contributed by atoms with Crippen molar-refractivity contribution in [3.8, 4) is 0 Å². The van der Waals surface area contributed by atoms with Crippen molar-refractivity contribution in [2.75, 3.05) is 12.4 Å². The van der Waals surface area contributed by atoms with E-state index in [0.717, 1.165) is 56.9 Å². The second-order valence-electron chi connectivity index (χ2n) is 6.95. The zero-order valence-electron chi connectivity index (χ0n) is 15.9.